The molecule has 0 saturated heterocycles. The minimum Gasteiger partial charge on any atom is -0.391 e. The average molecular weight is 380 g/mol. The van der Waals surface area contributed by atoms with E-state index in [1.165, 1.54) is 71.1 Å². The van der Waals surface area contributed by atoms with Crippen molar-refractivity contribution in [3.63, 3.8) is 0 Å². The average Bonchev–Trinajstić information content (AvgIpc) is 2.54. The molecule has 1 unspecified atom stereocenters. The number of aliphatic hydroxyl groups is 1. The maximum atomic E-state index is 11.3. The molecule has 0 spiro atoms. The summed E-state index contributed by atoms with van der Waals surface area (Å²) < 4.78 is 4.50. The molecule has 26 heavy (non-hydrogen) atoms. The molecule has 1 atom stereocenters. The van der Waals surface area contributed by atoms with Gasteiger partial charge in [-0.25, -0.2) is 4.79 Å². The van der Waals surface area contributed by atoms with Gasteiger partial charge in [-0.3, -0.25) is 4.79 Å². The van der Waals surface area contributed by atoms with E-state index in [1.54, 1.807) is 0 Å². The molecule has 0 heterocycles. The van der Waals surface area contributed by atoms with Gasteiger partial charge in [0.1, 0.15) is 6.10 Å². The van der Waals surface area contributed by atoms with Crippen molar-refractivity contribution < 1.29 is 19.4 Å². The third-order valence-corrected chi connectivity index (χ3v) is 4.47. The first-order valence-corrected chi connectivity index (χ1v) is 10.4. The van der Waals surface area contributed by atoms with Crippen molar-refractivity contribution in [2.45, 2.75) is 117 Å². The van der Waals surface area contributed by atoms with E-state index in [9.17, 15) is 9.59 Å². The van der Waals surface area contributed by atoms with Crippen molar-refractivity contribution in [3.8, 4) is 0 Å². The number of ether oxygens (including phenoxy) is 1. The van der Waals surface area contributed by atoms with Crippen LogP contribution in [-0.4, -0.2) is 52.7 Å². The normalized spacial score (nSPS) is 11.9. The first-order chi connectivity index (χ1) is 11.9. The molecule has 0 saturated carbocycles. The van der Waals surface area contributed by atoms with Crippen molar-refractivity contribution >= 4 is 41.5 Å². The number of esters is 2. The van der Waals surface area contributed by atoms with E-state index in [0.29, 0.717) is 0 Å². The first-order valence-electron chi connectivity index (χ1n) is 10.4. The topological polar surface area (TPSA) is 63.6 Å². The SMILES string of the molecule is CC(C)CCCCCCCCCCCCCCC(=O)OC(=O)C(C)O.[Na]. The van der Waals surface area contributed by atoms with Gasteiger partial charge in [0, 0.05) is 36.0 Å². The molecule has 0 bridgehead atoms. The van der Waals surface area contributed by atoms with Gasteiger partial charge in [0.2, 0.25) is 0 Å². The van der Waals surface area contributed by atoms with Gasteiger partial charge in [-0.05, 0) is 19.3 Å². The van der Waals surface area contributed by atoms with Crippen molar-refractivity contribution in [1.82, 2.24) is 0 Å². The third kappa shape index (κ3) is 20.4. The Hall–Kier alpha value is 0.1000. The molecule has 0 fully saturated rings. The Balaban J connectivity index is 0. The van der Waals surface area contributed by atoms with Crippen molar-refractivity contribution in [2.24, 2.45) is 5.92 Å². The van der Waals surface area contributed by atoms with E-state index in [-0.39, 0.29) is 36.0 Å². The fourth-order valence-electron chi connectivity index (χ4n) is 2.84. The van der Waals surface area contributed by atoms with Gasteiger partial charge in [0.15, 0.2) is 0 Å². The predicted molar refractivity (Wildman–Crippen MR) is 108 cm³/mol. The minimum atomic E-state index is -1.23. The first kappa shape index (κ1) is 28.3. The van der Waals surface area contributed by atoms with Crippen LogP contribution in [0.2, 0.25) is 0 Å². The largest absolute Gasteiger partial charge is 0.391 e. The second-order valence-corrected chi connectivity index (χ2v) is 7.64. The molecular weight excluding hydrogens is 339 g/mol. The molecule has 0 rings (SSSR count). The second kappa shape index (κ2) is 19.9. The standard InChI is InChI=1S/C21H40O4.Na/c1-18(2)16-14-12-10-8-6-4-5-7-9-11-13-15-17-20(23)25-21(24)19(3)22;/h18-19,22H,4-17H2,1-3H3;. The van der Waals surface area contributed by atoms with Crippen LogP contribution in [0.1, 0.15) is 111 Å². The molecule has 0 aliphatic rings. The van der Waals surface area contributed by atoms with Crippen LogP contribution >= 0.6 is 0 Å². The summed E-state index contributed by atoms with van der Waals surface area (Å²) in [5.41, 5.74) is 0. The summed E-state index contributed by atoms with van der Waals surface area (Å²) in [6.45, 7) is 5.89. The Bertz CT molecular complexity index is 343. The van der Waals surface area contributed by atoms with Crippen LogP contribution < -0.4 is 0 Å². The molecular formula is C21H40NaO4. The summed E-state index contributed by atoms with van der Waals surface area (Å²) in [5, 5.41) is 8.95. The molecule has 5 heteroatoms. The van der Waals surface area contributed by atoms with Crippen molar-refractivity contribution in [3.05, 3.63) is 0 Å². The molecule has 0 aliphatic carbocycles. The Morgan fingerprint density at radius 1 is 0.731 bits per heavy atom. The molecule has 0 aromatic carbocycles. The Kier molecular flexibility index (Phi) is 21.6. The number of carbonyl (C=O) groups is 2. The van der Waals surface area contributed by atoms with Crippen LogP contribution in [0.5, 0.6) is 0 Å². The summed E-state index contributed by atoms with van der Waals surface area (Å²) in [5.74, 6) is -0.540. The summed E-state index contributed by atoms with van der Waals surface area (Å²) >= 11 is 0. The maximum absolute atomic E-state index is 11.3. The fraction of sp³-hybridized carbons (Fsp3) is 0.905. The Labute approximate surface area is 183 Å². The number of aliphatic hydroxyl groups excluding tert-OH is 1. The van der Waals surface area contributed by atoms with Gasteiger partial charge < -0.3 is 9.84 Å². The number of hydrogen-bond acceptors (Lipinski definition) is 4. The maximum Gasteiger partial charge on any atom is 0.342 e. The van der Waals surface area contributed by atoms with Gasteiger partial charge >= 0.3 is 11.9 Å². The molecule has 0 aliphatic heterocycles. The quantitative estimate of drug-likeness (QED) is 0.174. The number of unbranched alkanes of at least 4 members (excludes halogenated alkanes) is 11. The van der Waals surface area contributed by atoms with E-state index in [0.717, 1.165) is 25.2 Å². The number of rotatable bonds is 16. The zero-order valence-corrected chi connectivity index (χ0v) is 19.7. The summed E-state index contributed by atoms with van der Waals surface area (Å²) in [6, 6.07) is 0. The van der Waals surface area contributed by atoms with Crippen molar-refractivity contribution in [1.29, 1.82) is 0 Å². The van der Waals surface area contributed by atoms with Gasteiger partial charge in [-0.15, -0.1) is 0 Å². The van der Waals surface area contributed by atoms with E-state index >= 15 is 0 Å². The van der Waals surface area contributed by atoms with Crippen LogP contribution in [-0.2, 0) is 14.3 Å². The zero-order chi connectivity index (χ0) is 18.9. The summed E-state index contributed by atoms with van der Waals surface area (Å²) in [6.07, 6.45) is 15.3. The zero-order valence-electron chi connectivity index (χ0n) is 17.7. The molecule has 0 aromatic rings. The summed E-state index contributed by atoms with van der Waals surface area (Å²) in [4.78, 5) is 22.4. The van der Waals surface area contributed by atoms with Crippen LogP contribution in [0.15, 0.2) is 0 Å². The molecule has 149 valence electrons. The Morgan fingerprint density at radius 2 is 1.12 bits per heavy atom. The number of hydrogen-bond donors (Lipinski definition) is 1. The minimum absolute atomic E-state index is 0. The molecule has 0 amide bonds. The van der Waals surface area contributed by atoms with E-state index in [4.69, 9.17) is 5.11 Å². The van der Waals surface area contributed by atoms with Crippen LogP contribution in [0.4, 0.5) is 0 Å². The number of carbonyl (C=O) groups excluding carboxylic acids is 2. The van der Waals surface area contributed by atoms with Gasteiger partial charge in [0.25, 0.3) is 0 Å². The Morgan fingerprint density at radius 3 is 1.50 bits per heavy atom. The van der Waals surface area contributed by atoms with Crippen LogP contribution in [0.3, 0.4) is 0 Å². The summed E-state index contributed by atoms with van der Waals surface area (Å²) in [7, 11) is 0. The molecule has 4 nitrogen and oxygen atoms in total. The van der Waals surface area contributed by atoms with Gasteiger partial charge in [0.05, 0.1) is 0 Å². The smallest absolute Gasteiger partial charge is 0.342 e. The fourth-order valence-corrected chi connectivity index (χ4v) is 2.84. The van der Waals surface area contributed by atoms with E-state index in [2.05, 4.69) is 18.6 Å². The predicted octanol–water partition coefficient (Wildman–Crippen LogP) is 5.17. The van der Waals surface area contributed by atoms with E-state index in [1.807, 2.05) is 0 Å². The van der Waals surface area contributed by atoms with Crippen LogP contribution in [0.25, 0.3) is 0 Å². The van der Waals surface area contributed by atoms with Gasteiger partial charge in [-0.2, -0.15) is 0 Å². The van der Waals surface area contributed by atoms with Gasteiger partial charge in [-0.1, -0.05) is 90.9 Å². The van der Waals surface area contributed by atoms with Crippen LogP contribution in [0, 0.1) is 5.92 Å². The molecule has 1 radical (unpaired) electrons. The van der Waals surface area contributed by atoms with Crippen molar-refractivity contribution in [2.75, 3.05) is 0 Å². The molecule has 0 aromatic heterocycles. The molecule has 1 N–H and O–H groups in total. The monoisotopic (exact) mass is 379 g/mol. The third-order valence-electron chi connectivity index (χ3n) is 4.47. The second-order valence-electron chi connectivity index (χ2n) is 7.64. The van der Waals surface area contributed by atoms with E-state index < -0.39 is 18.0 Å².